The van der Waals surface area contributed by atoms with Crippen molar-refractivity contribution in [3.05, 3.63) is 191 Å². The second-order valence-corrected chi connectivity index (χ2v) is 16.5. The molecule has 0 saturated carbocycles. The van der Waals surface area contributed by atoms with Gasteiger partial charge >= 0.3 is 12.4 Å². The van der Waals surface area contributed by atoms with Gasteiger partial charge in [0.15, 0.2) is 0 Å². The third-order valence-corrected chi connectivity index (χ3v) is 12.4. The molecule has 0 aliphatic rings. The van der Waals surface area contributed by atoms with Crippen LogP contribution in [-0.2, 0) is 12.4 Å². The van der Waals surface area contributed by atoms with Gasteiger partial charge in [-0.25, -0.2) is 0 Å². The monoisotopic (exact) mass is 853 g/mol. The Labute approximate surface area is 364 Å². The third kappa shape index (κ3) is 6.52. The second kappa shape index (κ2) is 14.8. The number of para-hydroxylation sites is 2. The minimum atomic E-state index is -5.18. The van der Waals surface area contributed by atoms with Crippen LogP contribution in [0.3, 0.4) is 0 Å². The molecule has 0 bridgehead atoms. The summed E-state index contributed by atoms with van der Waals surface area (Å²) in [6, 6.07) is 46.7. The lowest BCUT2D eigenvalue weighted by atomic mass is 9.89. The summed E-state index contributed by atoms with van der Waals surface area (Å²) in [5.74, 6) is 0. The first-order valence-corrected chi connectivity index (χ1v) is 20.7. The van der Waals surface area contributed by atoms with Gasteiger partial charge in [-0.1, -0.05) is 102 Å². The van der Waals surface area contributed by atoms with E-state index in [2.05, 4.69) is 49.4 Å². The van der Waals surface area contributed by atoms with Crippen molar-refractivity contribution < 1.29 is 26.3 Å². The molecule has 3 nitrogen and oxygen atoms in total. The molecule has 0 N–H and O–H groups in total. The highest BCUT2D eigenvalue weighted by atomic mass is 19.4. The fourth-order valence-corrected chi connectivity index (χ4v) is 9.62. The van der Waals surface area contributed by atoms with Gasteiger partial charge in [0, 0.05) is 32.7 Å². The molecule has 0 atom stereocenters. The van der Waals surface area contributed by atoms with Crippen molar-refractivity contribution in [1.82, 2.24) is 9.13 Å². The third-order valence-electron chi connectivity index (χ3n) is 12.4. The molecular formula is C55H37F6N3. The summed E-state index contributed by atoms with van der Waals surface area (Å²) in [6.45, 7) is 8.18. The topological polar surface area (TPSA) is 33.6 Å². The van der Waals surface area contributed by atoms with Crippen LogP contribution < -0.4 is 0 Å². The number of rotatable bonds is 5. The van der Waals surface area contributed by atoms with Gasteiger partial charge in [-0.2, -0.15) is 31.6 Å². The second-order valence-electron chi connectivity index (χ2n) is 16.5. The van der Waals surface area contributed by atoms with Crippen LogP contribution in [0.25, 0.3) is 88.4 Å². The van der Waals surface area contributed by atoms with Crippen LogP contribution in [-0.4, -0.2) is 9.13 Å². The van der Waals surface area contributed by atoms with Crippen LogP contribution in [0.5, 0.6) is 0 Å². The number of benzene rings is 8. The fraction of sp³-hybridized carbons (Fsp3) is 0.109. The zero-order valence-corrected chi connectivity index (χ0v) is 35.0. The first-order valence-electron chi connectivity index (χ1n) is 20.7. The average Bonchev–Trinajstić information content (AvgIpc) is 3.77. The SMILES string of the molecule is Cc1ccc(-c2ccc3c(c2)c2ccccc2n3-c2cc(C#N)c(-c3c(C(F)(F)F)cccc3C(F)(F)F)cc2-n2c3ccccc3c3cc(-c4ccc(C)cc4C)ccc32)c(C)c1. The number of nitrogens with zero attached hydrogens (tertiary/aromatic N) is 3. The molecule has 0 aliphatic carbocycles. The van der Waals surface area contributed by atoms with Gasteiger partial charge in [0.05, 0.1) is 56.2 Å². The highest BCUT2D eigenvalue weighted by Crippen LogP contribution is 2.48. The van der Waals surface area contributed by atoms with E-state index in [-0.39, 0.29) is 11.3 Å². The van der Waals surface area contributed by atoms with Crippen LogP contribution in [0, 0.1) is 39.0 Å². The van der Waals surface area contributed by atoms with Gasteiger partial charge < -0.3 is 9.13 Å². The highest BCUT2D eigenvalue weighted by Gasteiger charge is 2.42. The van der Waals surface area contributed by atoms with Crippen molar-refractivity contribution in [3.63, 3.8) is 0 Å². The van der Waals surface area contributed by atoms with E-state index >= 15 is 0 Å². The zero-order valence-electron chi connectivity index (χ0n) is 35.0. The Morgan fingerprint density at radius 3 is 1.30 bits per heavy atom. The standard InChI is InChI=1S/C55H37F6N3/c1-31-16-20-38(33(3)24-31)35-18-22-49-43(26-35)40-10-5-7-14-47(40)63(49)51-28-37(30-62)42(53-45(54(56,57)58)12-9-13-46(53)55(59,60)61)29-52(51)64-48-15-8-6-11-41(48)44-27-36(19-23-50(44)64)39-21-17-32(2)25-34(39)4/h5-29H,1-4H3. The van der Waals surface area contributed by atoms with Gasteiger partial charge in [-0.05, 0) is 122 Å². The Balaban J connectivity index is 1.35. The Bertz CT molecular complexity index is 3560. The van der Waals surface area contributed by atoms with E-state index < -0.39 is 34.6 Å². The van der Waals surface area contributed by atoms with Crippen LogP contribution in [0.4, 0.5) is 26.3 Å². The number of halogens is 6. The van der Waals surface area contributed by atoms with Gasteiger partial charge in [0.1, 0.15) is 0 Å². The maximum absolute atomic E-state index is 14.9. The predicted molar refractivity (Wildman–Crippen MR) is 245 cm³/mol. The Morgan fingerprint density at radius 1 is 0.422 bits per heavy atom. The molecule has 314 valence electrons. The first-order chi connectivity index (χ1) is 30.6. The fourth-order valence-electron chi connectivity index (χ4n) is 9.62. The molecule has 2 aromatic heterocycles. The minimum absolute atomic E-state index is 0.283. The van der Waals surface area contributed by atoms with Crippen molar-refractivity contribution in [2.24, 2.45) is 0 Å². The molecule has 64 heavy (non-hydrogen) atoms. The average molecular weight is 854 g/mol. The molecule has 8 aromatic carbocycles. The molecule has 0 amide bonds. The zero-order chi connectivity index (χ0) is 44.8. The van der Waals surface area contributed by atoms with Crippen LogP contribution in [0.1, 0.15) is 38.9 Å². The van der Waals surface area contributed by atoms with Crippen LogP contribution >= 0.6 is 0 Å². The molecule has 0 unspecified atom stereocenters. The quantitative estimate of drug-likeness (QED) is 0.159. The number of hydrogen-bond donors (Lipinski definition) is 0. The molecule has 0 saturated heterocycles. The summed E-state index contributed by atoms with van der Waals surface area (Å²) in [5.41, 5.74) is 7.00. The number of aromatic nitrogens is 2. The van der Waals surface area contributed by atoms with E-state index in [9.17, 15) is 31.6 Å². The number of alkyl halides is 6. The Hall–Kier alpha value is -7.57. The molecule has 0 fully saturated rings. The lowest BCUT2D eigenvalue weighted by molar-refractivity contribution is -0.142. The van der Waals surface area contributed by atoms with Gasteiger partial charge in [0.2, 0.25) is 0 Å². The molecule has 10 aromatic rings. The van der Waals surface area contributed by atoms with Crippen molar-refractivity contribution in [1.29, 1.82) is 5.26 Å². The molecule has 0 aliphatic heterocycles. The molecule has 2 heterocycles. The maximum Gasteiger partial charge on any atom is 0.417 e. The Kier molecular flexibility index (Phi) is 9.35. The van der Waals surface area contributed by atoms with E-state index in [4.69, 9.17) is 0 Å². The van der Waals surface area contributed by atoms with E-state index in [1.807, 2.05) is 115 Å². The lowest BCUT2D eigenvalue weighted by Gasteiger charge is -2.23. The molecule has 9 heteroatoms. The van der Waals surface area contributed by atoms with Crippen LogP contribution in [0.2, 0.25) is 0 Å². The number of fused-ring (bicyclic) bond motifs is 6. The maximum atomic E-state index is 14.9. The van der Waals surface area contributed by atoms with E-state index in [1.54, 1.807) is 0 Å². The van der Waals surface area contributed by atoms with E-state index in [0.29, 0.717) is 28.9 Å². The highest BCUT2D eigenvalue weighted by molar-refractivity contribution is 6.13. The summed E-state index contributed by atoms with van der Waals surface area (Å²) < 4.78 is 93.5. The summed E-state index contributed by atoms with van der Waals surface area (Å²) in [5, 5.41) is 14.2. The van der Waals surface area contributed by atoms with Gasteiger partial charge in [-0.3, -0.25) is 0 Å². The van der Waals surface area contributed by atoms with Crippen LogP contribution in [0.15, 0.2) is 152 Å². The Morgan fingerprint density at radius 2 is 0.859 bits per heavy atom. The molecule has 10 rings (SSSR count). The summed E-state index contributed by atoms with van der Waals surface area (Å²) in [6.07, 6.45) is -10.4. The molecular weight excluding hydrogens is 817 g/mol. The smallest absolute Gasteiger partial charge is 0.307 e. The van der Waals surface area contributed by atoms with Crippen molar-refractivity contribution in [3.8, 4) is 50.8 Å². The predicted octanol–water partition coefficient (Wildman–Crippen LogP) is 16.0. The number of nitriles is 1. The first kappa shape index (κ1) is 40.5. The van der Waals surface area contributed by atoms with Crippen molar-refractivity contribution >= 4 is 43.6 Å². The summed E-state index contributed by atoms with van der Waals surface area (Å²) in [7, 11) is 0. The van der Waals surface area contributed by atoms with Crippen molar-refractivity contribution in [2.45, 2.75) is 40.0 Å². The largest absolute Gasteiger partial charge is 0.417 e. The number of hydrogen-bond acceptors (Lipinski definition) is 1. The van der Waals surface area contributed by atoms with Gasteiger partial charge in [-0.15, -0.1) is 0 Å². The molecule has 0 radical (unpaired) electrons. The number of aryl methyl sites for hydroxylation is 4. The van der Waals surface area contributed by atoms with E-state index in [0.717, 1.165) is 83.2 Å². The van der Waals surface area contributed by atoms with E-state index in [1.165, 1.54) is 12.1 Å². The van der Waals surface area contributed by atoms with Crippen molar-refractivity contribution in [2.75, 3.05) is 0 Å². The normalized spacial score (nSPS) is 12.2. The lowest BCUT2D eigenvalue weighted by Crippen LogP contribution is -2.15. The summed E-state index contributed by atoms with van der Waals surface area (Å²) in [4.78, 5) is 0. The minimum Gasteiger partial charge on any atom is -0.307 e. The summed E-state index contributed by atoms with van der Waals surface area (Å²) >= 11 is 0. The van der Waals surface area contributed by atoms with Gasteiger partial charge in [0.25, 0.3) is 0 Å². The molecule has 0 spiro atoms.